The Morgan fingerprint density at radius 1 is 0.891 bits per heavy atom. The van der Waals surface area contributed by atoms with Gasteiger partial charge in [-0.2, -0.15) is 13.2 Å². The second-order valence-corrected chi connectivity index (χ2v) is 11.8. The number of nitrogens with zero attached hydrogens (tertiary/aromatic N) is 1. The summed E-state index contributed by atoms with van der Waals surface area (Å²) in [5, 5.41) is 17.1. The molecule has 0 aromatic heterocycles. The van der Waals surface area contributed by atoms with Gasteiger partial charge in [-0.25, -0.2) is 0 Å². The first-order valence-corrected chi connectivity index (χ1v) is 15.5. The van der Waals surface area contributed by atoms with E-state index in [1.54, 1.807) is 30.3 Å². The number of amides is 2. The quantitative estimate of drug-likeness (QED) is 0.177. The molecule has 0 radical (unpaired) electrons. The van der Waals surface area contributed by atoms with Gasteiger partial charge in [-0.15, -0.1) is 0 Å². The Morgan fingerprint density at radius 3 is 2.33 bits per heavy atom. The number of aryl methyl sites for hydroxylation is 1. The molecule has 1 saturated heterocycles. The SMILES string of the molecule is Cc1ccc(C2CCCN2C(=O)c2cccc(C(=O)N[C@@H](Cc3ccccc3)[C@H](O)CNCc3cccc(C(F)(F)F)c3)c2)cc1. The summed E-state index contributed by atoms with van der Waals surface area (Å²) >= 11 is 0. The van der Waals surface area contributed by atoms with Crippen LogP contribution in [-0.4, -0.2) is 47.1 Å². The number of halogens is 3. The van der Waals surface area contributed by atoms with E-state index in [2.05, 4.69) is 22.8 Å². The molecule has 5 rings (SSSR count). The summed E-state index contributed by atoms with van der Waals surface area (Å²) in [6.45, 7) is 2.80. The van der Waals surface area contributed by atoms with Crippen LogP contribution in [0.25, 0.3) is 0 Å². The number of aliphatic hydroxyl groups is 1. The molecular formula is C37H38F3N3O3. The molecule has 0 saturated carbocycles. The predicted molar refractivity (Wildman–Crippen MR) is 171 cm³/mol. The van der Waals surface area contributed by atoms with Crippen LogP contribution < -0.4 is 10.6 Å². The Bertz CT molecular complexity index is 1630. The predicted octanol–water partition coefficient (Wildman–Crippen LogP) is 6.48. The van der Waals surface area contributed by atoms with Crippen LogP contribution in [0.1, 0.15) is 67.4 Å². The third kappa shape index (κ3) is 8.41. The molecule has 0 bridgehead atoms. The number of hydrogen-bond donors (Lipinski definition) is 3. The van der Waals surface area contributed by atoms with Crippen LogP contribution in [0.2, 0.25) is 0 Å². The van der Waals surface area contributed by atoms with Crippen molar-refractivity contribution in [2.24, 2.45) is 0 Å². The van der Waals surface area contributed by atoms with Crippen molar-refractivity contribution in [3.63, 3.8) is 0 Å². The van der Waals surface area contributed by atoms with E-state index in [9.17, 15) is 27.9 Å². The Hall–Kier alpha value is -4.47. The van der Waals surface area contributed by atoms with Crippen LogP contribution in [0.3, 0.4) is 0 Å². The largest absolute Gasteiger partial charge is 0.416 e. The lowest BCUT2D eigenvalue weighted by atomic mass is 10.00. The average Bonchev–Trinajstić information content (AvgIpc) is 3.55. The van der Waals surface area contributed by atoms with E-state index in [0.717, 1.165) is 41.7 Å². The van der Waals surface area contributed by atoms with Gasteiger partial charge >= 0.3 is 6.18 Å². The normalized spacial score (nSPS) is 16.2. The summed E-state index contributed by atoms with van der Waals surface area (Å²) in [5.41, 5.74) is 3.52. The fourth-order valence-electron chi connectivity index (χ4n) is 5.87. The van der Waals surface area contributed by atoms with Crippen molar-refractivity contribution in [2.45, 2.75) is 57.1 Å². The fraction of sp³-hybridized carbons (Fsp3) is 0.297. The maximum absolute atomic E-state index is 13.6. The van der Waals surface area contributed by atoms with Crippen molar-refractivity contribution in [3.8, 4) is 0 Å². The van der Waals surface area contributed by atoms with E-state index in [4.69, 9.17) is 0 Å². The molecule has 9 heteroatoms. The highest BCUT2D eigenvalue weighted by atomic mass is 19.4. The molecule has 1 fully saturated rings. The maximum Gasteiger partial charge on any atom is 0.416 e. The second-order valence-electron chi connectivity index (χ2n) is 11.8. The first-order chi connectivity index (χ1) is 22.1. The molecule has 1 heterocycles. The number of hydrogen-bond acceptors (Lipinski definition) is 4. The van der Waals surface area contributed by atoms with Crippen molar-refractivity contribution in [1.29, 1.82) is 0 Å². The van der Waals surface area contributed by atoms with Gasteiger partial charge < -0.3 is 20.6 Å². The van der Waals surface area contributed by atoms with Crippen LogP contribution in [0.5, 0.6) is 0 Å². The Kier molecular flexibility index (Phi) is 10.6. The van der Waals surface area contributed by atoms with Crippen molar-refractivity contribution in [2.75, 3.05) is 13.1 Å². The lowest BCUT2D eigenvalue weighted by Crippen LogP contribution is -2.48. The van der Waals surface area contributed by atoms with E-state index >= 15 is 0 Å². The lowest BCUT2D eigenvalue weighted by molar-refractivity contribution is -0.137. The Labute approximate surface area is 267 Å². The van der Waals surface area contributed by atoms with E-state index in [-0.39, 0.29) is 25.0 Å². The molecule has 1 aliphatic heterocycles. The summed E-state index contributed by atoms with van der Waals surface area (Å²) in [4.78, 5) is 29.0. The first-order valence-electron chi connectivity index (χ1n) is 15.5. The number of carbonyl (C=O) groups excluding carboxylic acids is 2. The summed E-state index contributed by atoms with van der Waals surface area (Å²) in [5.74, 6) is -0.582. The topological polar surface area (TPSA) is 81.7 Å². The molecule has 0 aliphatic carbocycles. The number of benzene rings is 4. The standard InChI is InChI=1S/C37H38F3N3O3/c1-25-15-17-28(18-16-25)33-14-7-19-43(33)36(46)30-12-6-11-29(22-30)35(45)42-32(21-26-8-3-2-4-9-26)34(44)24-41-23-27-10-5-13-31(20-27)37(38,39)40/h2-6,8-13,15-18,20,22,32-34,41,44H,7,14,19,21,23-24H2,1H3,(H,42,45)/t32-,33?,34+/m0/s1. The summed E-state index contributed by atoms with van der Waals surface area (Å²) in [7, 11) is 0. The van der Waals surface area contributed by atoms with Crippen LogP contribution >= 0.6 is 0 Å². The zero-order valence-electron chi connectivity index (χ0n) is 25.6. The zero-order valence-corrected chi connectivity index (χ0v) is 25.6. The van der Waals surface area contributed by atoms with Crippen molar-refractivity contribution >= 4 is 11.8 Å². The summed E-state index contributed by atoms with van der Waals surface area (Å²) in [6.07, 6.45) is -3.41. The van der Waals surface area contributed by atoms with Gasteiger partial charge in [0.05, 0.1) is 23.8 Å². The van der Waals surface area contributed by atoms with E-state index < -0.39 is 29.8 Å². The Morgan fingerprint density at radius 2 is 1.59 bits per heavy atom. The van der Waals surface area contributed by atoms with Gasteiger partial charge in [-0.1, -0.05) is 84.4 Å². The van der Waals surface area contributed by atoms with Gasteiger partial charge in [0.25, 0.3) is 11.8 Å². The number of likely N-dealkylation sites (tertiary alicyclic amines) is 1. The number of nitrogens with one attached hydrogen (secondary N) is 2. The Balaban J connectivity index is 1.27. The smallest absolute Gasteiger partial charge is 0.390 e. The molecule has 4 aromatic carbocycles. The molecule has 1 aliphatic rings. The summed E-state index contributed by atoms with van der Waals surface area (Å²) < 4.78 is 39.4. The minimum Gasteiger partial charge on any atom is -0.390 e. The van der Waals surface area contributed by atoms with Crippen LogP contribution in [0.15, 0.2) is 103 Å². The van der Waals surface area contributed by atoms with E-state index in [0.29, 0.717) is 29.7 Å². The monoisotopic (exact) mass is 629 g/mol. The van der Waals surface area contributed by atoms with Gasteiger partial charge in [-0.05, 0) is 67.1 Å². The number of rotatable bonds is 11. The highest BCUT2D eigenvalue weighted by molar-refractivity contribution is 6.00. The van der Waals surface area contributed by atoms with E-state index in [1.165, 1.54) is 6.07 Å². The van der Waals surface area contributed by atoms with Gasteiger partial charge in [-0.3, -0.25) is 9.59 Å². The molecular weight excluding hydrogens is 591 g/mol. The van der Waals surface area contributed by atoms with Crippen molar-refractivity contribution < 1.29 is 27.9 Å². The van der Waals surface area contributed by atoms with Crippen LogP contribution in [-0.2, 0) is 19.1 Å². The number of carbonyl (C=O) groups is 2. The van der Waals surface area contributed by atoms with Crippen molar-refractivity contribution in [1.82, 2.24) is 15.5 Å². The minimum absolute atomic E-state index is 0.0283. The highest BCUT2D eigenvalue weighted by Crippen LogP contribution is 2.33. The molecule has 6 nitrogen and oxygen atoms in total. The minimum atomic E-state index is -4.44. The molecule has 3 atom stereocenters. The van der Waals surface area contributed by atoms with Crippen LogP contribution in [0.4, 0.5) is 13.2 Å². The molecule has 4 aromatic rings. The lowest BCUT2D eigenvalue weighted by Gasteiger charge is -2.26. The second kappa shape index (κ2) is 14.7. The molecule has 1 unspecified atom stereocenters. The number of aliphatic hydroxyl groups excluding tert-OH is 1. The first kappa shape index (κ1) is 32.9. The van der Waals surface area contributed by atoms with Gasteiger partial charge in [0, 0.05) is 30.8 Å². The summed E-state index contributed by atoms with van der Waals surface area (Å²) in [6, 6.07) is 28.5. The molecule has 3 N–H and O–H groups in total. The third-order valence-corrected chi connectivity index (χ3v) is 8.36. The zero-order chi connectivity index (χ0) is 32.7. The number of alkyl halides is 3. The van der Waals surface area contributed by atoms with Gasteiger partial charge in [0.15, 0.2) is 0 Å². The maximum atomic E-state index is 13.6. The fourth-order valence-corrected chi connectivity index (χ4v) is 5.87. The van der Waals surface area contributed by atoms with Gasteiger partial charge in [0.2, 0.25) is 0 Å². The molecule has 240 valence electrons. The molecule has 46 heavy (non-hydrogen) atoms. The molecule has 2 amide bonds. The van der Waals surface area contributed by atoms with E-state index in [1.807, 2.05) is 54.3 Å². The average molecular weight is 630 g/mol. The molecule has 0 spiro atoms. The highest BCUT2D eigenvalue weighted by Gasteiger charge is 2.32. The van der Waals surface area contributed by atoms with Gasteiger partial charge in [0.1, 0.15) is 0 Å². The third-order valence-electron chi connectivity index (χ3n) is 8.36. The van der Waals surface area contributed by atoms with Crippen LogP contribution in [0, 0.1) is 6.92 Å². The van der Waals surface area contributed by atoms with Crippen molar-refractivity contribution in [3.05, 3.63) is 142 Å².